The number of carbonyl (C=O) groups excluding carboxylic acids is 1. The van der Waals surface area contributed by atoms with Crippen LogP contribution in [0.5, 0.6) is 0 Å². The fourth-order valence-corrected chi connectivity index (χ4v) is 3.18. The summed E-state index contributed by atoms with van der Waals surface area (Å²) >= 11 is 0. The van der Waals surface area contributed by atoms with Gasteiger partial charge in [-0.05, 0) is 44.9 Å². The highest BCUT2D eigenvalue weighted by atomic mass is 16.6. The molecule has 110 valence electrons. The second-order valence-corrected chi connectivity index (χ2v) is 7.01. The fourth-order valence-electron chi connectivity index (χ4n) is 3.18. The fraction of sp³-hybridized carbons (Fsp3) is 0.933. The first-order valence-corrected chi connectivity index (χ1v) is 7.49. The second-order valence-electron chi connectivity index (χ2n) is 7.01. The first-order chi connectivity index (χ1) is 8.90. The molecule has 0 spiro atoms. The molecule has 1 amide bonds. The SMILES string of the molecule is CC(C)(C)OC(=O)N1CCC(C(CO)C2CCC2)C1. The smallest absolute Gasteiger partial charge is 0.410 e. The topological polar surface area (TPSA) is 49.8 Å². The summed E-state index contributed by atoms with van der Waals surface area (Å²) in [6, 6.07) is 0. The number of hydrogen-bond donors (Lipinski definition) is 1. The van der Waals surface area contributed by atoms with E-state index < -0.39 is 5.60 Å². The molecule has 1 saturated heterocycles. The van der Waals surface area contributed by atoms with E-state index in [-0.39, 0.29) is 12.7 Å². The Labute approximate surface area is 116 Å². The van der Waals surface area contributed by atoms with Gasteiger partial charge in [0, 0.05) is 19.7 Å². The quantitative estimate of drug-likeness (QED) is 0.857. The molecule has 1 saturated carbocycles. The number of carbonyl (C=O) groups is 1. The van der Waals surface area contributed by atoms with E-state index in [2.05, 4.69) is 0 Å². The number of amides is 1. The Morgan fingerprint density at radius 2 is 2.00 bits per heavy atom. The summed E-state index contributed by atoms with van der Waals surface area (Å²) < 4.78 is 5.41. The van der Waals surface area contributed by atoms with Gasteiger partial charge >= 0.3 is 6.09 Å². The third-order valence-electron chi connectivity index (χ3n) is 4.45. The minimum Gasteiger partial charge on any atom is -0.444 e. The van der Waals surface area contributed by atoms with Crippen molar-refractivity contribution < 1.29 is 14.6 Å². The predicted octanol–water partition coefficient (Wildman–Crippen LogP) is 2.65. The van der Waals surface area contributed by atoms with E-state index in [9.17, 15) is 9.90 Å². The van der Waals surface area contributed by atoms with Crippen molar-refractivity contribution >= 4 is 6.09 Å². The van der Waals surface area contributed by atoms with Crippen molar-refractivity contribution in [3.05, 3.63) is 0 Å². The lowest BCUT2D eigenvalue weighted by molar-refractivity contribution is 0.0257. The van der Waals surface area contributed by atoms with E-state index in [1.807, 2.05) is 20.8 Å². The second kappa shape index (κ2) is 5.70. The zero-order valence-corrected chi connectivity index (χ0v) is 12.4. The highest BCUT2D eigenvalue weighted by Crippen LogP contribution is 2.40. The highest BCUT2D eigenvalue weighted by Gasteiger charge is 2.38. The molecule has 2 atom stereocenters. The first-order valence-electron chi connectivity index (χ1n) is 7.49. The molecule has 1 aliphatic carbocycles. The summed E-state index contributed by atoms with van der Waals surface area (Å²) in [7, 11) is 0. The molecule has 1 N–H and O–H groups in total. The third-order valence-corrected chi connectivity index (χ3v) is 4.45. The van der Waals surface area contributed by atoms with Crippen molar-refractivity contribution in [3.63, 3.8) is 0 Å². The first kappa shape index (κ1) is 14.6. The van der Waals surface area contributed by atoms with Crippen LogP contribution in [0.1, 0.15) is 46.5 Å². The molecule has 4 nitrogen and oxygen atoms in total. The number of aliphatic hydroxyl groups is 1. The molecule has 0 bridgehead atoms. The maximum Gasteiger partial charge on any atom is 0.410 e. The molecular formula is C15H27NO3. The Kier molecular flexibility index (Phi) is 4.39. The van der Waals surface area contributed by atoms with Crippen molar-refractivity contribution in [2.75, 3.05) is 19.7 Å². The van der Waals surface area contributed by atoms with Crippen LogP contribution < -0.4 is 0 Å². The molecule has 1 aliphatic heterocycles. The molecule has 4 heteroatoms. The predicted molar refractivity (Wildman–Crippen MR) is 73.8 cm³/mol. The molecule has 19 heavy (non-hydrogen) atoms. The summed E-state index contributed by atoms with van der Waals surface area (Å²) in [5.74, 6) is 1.50. The monoisotopic (exact) mass is 269 g/mol. The van der Waals surface area contributed by atoms with E-state index in [1.165, 1.54) is 19.3 Å². The molecule has 2 aliphatic rings. The summed E-state index contributed by atoms with van der Waals surface area (Å²) in [4.78, 5) is 13.8. The normalized spacial score (nSPS) is 26.1. The van der Waals surface area contributed by atoms with Gasteiger partial charge in [0.05, 0.1) is 0 Å². The van der Waals surface area contributed by atoms with E-state index in [4.69, 9.17) is 4.74 Å². The van der Waals surface area contributed by atoms with Gasteiger partial charge in [0.1, 0.15) is 5.60 Å². The lowest BCUT2D eigenvalue weighted by Crippen LogP contribution is -2.37. The molecule has 2 fully saturated rings. The third kappa shape index (κ3) is 3.62. The molecule has 0 aromatic carbocycles. The molecule has 2 rings (SSSR count). The minimum absolute atomic E-state index is 0.208. The number of likely N-dealkylation sites (tertiary alicyclic amines) is 1. The van der Waals surface area contributed by atoms with E-state index in [0.29, 0.717) is 17.8 Å². The molecule has 2 unspecified atom stereocenters. The number of rotatable bonds is 3. The van der Waals surface area contributed by atoms with Gasteiger partial charge in [-0.3, -0.25) is 0 Å². The molecular weight excluding hydrogens is 242 g/mol. The van der Waals surface area contributed by atoms with Crippen LogP contribution in [0.15, 0.2) is 0 Å². The number of ether oxygens (including phenoxy) is 1. The van der Waals surface area contributed by atoms with Crippen LogP contribution in [0.2, 0.25) is 0 Å². The number of nitrogens with zero attached hydrogens (tertiary/aromatic N) is 1. The Morgan fingerprint density at radius 1 is 1.32 bits per heavy atom. The van der Waals surface area contributed by atoms with Crippen molar-refractivity contribution in [2.24, 2.45) is 17.8 Å². The molecule has 1 heterocycles. The number of aliphatic hydroxyl groups excluding tert-OH is 1. The molecule has 0 aromatic heterocycles. The van der Waals surface area contributed by atoms with Crippen LogP contribution in [0.4, 0.5) is 4.79 Å². The zero-order valence-electron chi connectivity index (χ0n) is 12.4. The van der Waals surface area contributed by atoms with Crippen LogP contribution in [0, 0.1) is 17.8 Å². The Hall–Kier alpha value is -0.770. The van der Waals surface area contributed by atoms with Gasteiger partial charge in [-0.25, -0.2) is 4.79 Å². The summed E-state index contributed by atoms with van der Waals surface area (Å²) in [6.07, 6.45) is 4.58. The Bertz CT molecular complexity index is 320. The van der Waals surface area contributed by atoms with Crippen molar-refractivity contribution in [1.82, 2.24) is 4.90 Å². The van der Waals surface area contributed by atoms with Crippen LogP contribution >= 0.6 is 0 Å². The van der Waals surface area contributed by atoms with Crippen molar-refractivity contribution in [1.29, 1.82) is 0 Å². The minimum atomic E-state index is -0.431. The molecule has 0 radical (unpaired) electrons. The maximum absolute atomic E-state index is 12.0. The van der Waals surface area contributed by atoms with Gasteiger partial charge in [-0.2, -0.15) is 0 Å². The summed E-state index contributed by atoms with van der Waals surface area (Å²) in [6.45, 7) is 7.45. The Morgan fingerprint density at radius 3 is 2.47 bits per heavy atom. The van der Waals surface area contributed by atoms with Crippen molar-refractivity contribution in [2.45, 2.75) is 52.1 Å². The van der Waals surface area contributed by atoms with Crippen molar-refractivity contribution in [3.8, 4) is 0 Å². The average Bonchev–Trinajstić information content (AvgIpc) is 2.69. The van der Waals surface area contributed by atoms with E-state index in [1.54, 1.807) is 4.90 Å². The summed E-state index contributed by atoms with van der Waals surface area (Å²) in [5.41, 5.74) is -0.431. The Balaban J connectivity index is 1.86. The number of hydrogen-bond acceptors (Lipinski definition) is 3. The van der Waals surface area contributed by atoms with Gasteiger partial charge in [-0.1, -0.05) is 19.3 Å². The molecule has 0 aromatic rings. The maximum atomic E-state index is 12.0. The summed E-state index contributed by atoms with van der Waals surface area (Å²) in [5, 5.41) is 9.60. The lowest BCUT2D eigenvalue weighted by Gasteiger charge is -2.36. The van der Waals surface area contributed by atoms with Crippen LogP contribution in [0.25, 0.3) is 0 Å². The van der Waals surface area contributed by atoms with Gasteiger partial charge < -0.3 is 14.7 Å². The highest BCUT2D eigenvalue weighted by molar-refractivity contribution is 5.68. The van der Waals surface area contributed by atoms with Gasteiger partial charge in [0.15, 0.2) is 0 Å². The standard InChI is InChI=1S/C15H27NO3/c1-15(2,3)19-14(18)16-8-7-12(9-16)13(10-17)11-5-4-6-11/h11-13,17H,4-10H2,1-3H3. The average molecular weight is 269 g/mol. The van der Waals surface area contributed by atoms with Crippen LogP contribution in [-0.2, 0) is 4.74 Å². The van der Waals surface area contributed by atoms with E-state index in [0.717, 1.165) is 19.5 Å². The lowest BCUT2D eigenvalue weighted by atomic mass is 9.70. The largest absolute Gasteiger partial charge is 0.444 e. The van der Waals surface area contributed by atoms with Crippen LogP contribution in [-0.4, -0.2) is 41.4 Å². The van der Waals surface area contributed by atoms with Gasteiger partial charge in [-0.15, -0.1) is 0 Å². The van der Waals surface area contributed by atoms with Crippen LogP contribution in [0.3, 0.4) is 0 Å². The van der Waals surface area contributed by atoms with Gasteiger partial charge in [0.2, 0.25) is 0 Å². The zero-order chi connectivity index (χ0) is 14.0. The van der Waals surface area contributed by atoms with Gasteiger partial charge in [0.25, 0.3) is 0 Å². The van der Waals surface area contributed by atoms with E-state index >= 15 is 0 Å².